The summed E-state index contributed by atoms with van der Waals surface area (Å²) in [4.78, 5) is 26.0. The fourth-order valence-corrected chi connectivity index (χ4v) is 3.30. The number of carbonyl (C=O) groups is 2. The number of carbonyl (C=O) groups excluding carboxylic acids is 2. The van der Waals surface area contributed by atoms with E-state index >= 15 is 0 Å². The Bertz CT molecular complexity index is 365. The molecule has 5 nitrogen and oxygen atoms in total. The molecule has 0 aromatic rings. The lowest BCUT2D eigenvalue weighted by Crippen LogP contribution is -2.50. The minimum absolute atomic E-state index is 0.00288. The molecule has 0 aromatic carbocycles. The van der Waals surface area contributed by atoms with Crippen molar-refractivity contribution in [2.45, 2.75) is 57.0 Å². The van der Waals surface area contributed by atoms with Crippen LogP contribution in [0.1, 0.15) is 44.9 Å². The van der Waals surface area contributed by atoms with Crippen molar-refractivity contribution < 1.29 is 9.59 Å². The van der Waals surface area contributed by atoms with Gasteiger partial charge in [-0.3, -0.25) is 9.59 Å². The molecule has 0 spiro atoms. The first-order chi connectivity index (χ1) is 9.74. The van der Waals surface area contributed by atoms with Gasteiger partial charge in [-0.1, -0.05) is 6.42 Å². The second-order valence-corrected chi connectivity index (χ2v) is 6.41. The van der Waals surface area contributed by atoms with E-state index in [9.17, 15) is 9.59 Å². The number of nitrogens with zero attached hydrogens (tertiary/aromatic N) is 1. The quantitative estimate of drug-likeness (QED) is 0.794. The Labute approximate surface area is 120 Å². The molecular formula is C15H25N3O2. The van der Waals surface area contributed by atoms with Crippen LogP contribution in [0.25, 0.3) is 0 Å². The number of hydrogen-bond donors (Lipinski definition) is 2. The Kier molecular flexibility index (Phi) is 4.24. The second-order valence-electron chi connectivity index (χ2n) is 6.41. The van der Waals surface area contributed by atoms with E-state index in [0.717, 1.165) is 25.9 Å². The highest BCUT2D eigenvalue weighted by Crippen LogP contribution is 2.30. The zero-order valence-corrected chi connectivity index (χ0v) is 12.1. The van der Waals surface area contributed by atoms with Crippen molar-refractivity contribution in [2.75, 3.05) is 19.6 Å². The molecule has 2 saturated heterocycles. The maximum atomic E-state index is 12.7. The molecule has 0 bridgehead atoms. The molecule has 5 heteroatoms. The van der Waals surface area contributed by atoms with E-state index in [-0.39, 0.29) is 17.7 Å². The molecule has 2 N–H and O–H groups in total. The first-order valence-electron chi connectivity index (χ1n) is 8.04. The highest BCUT2D eigenvalue weighted by molar-refractivity contribution is 5.84. The van der Waals surface area contributed by atoms with Crippen molar-refractivity contribution in [2.24, 2.45) is 5.92 Å². The third kappa shape index (κ3) is 3.32. The Morgan fingerprint density at radius 2 is 2.05 bits per heavy atom. The number of amides is 2. The van der Waals surface area contributed by atoms with Gasteiger partial charge in [-0.05, 0) is 38.6 Å². The molecule has 20 heavy (non-hydrogen) atoms. The van der Waals surface area contributed by atoms with Crippen LogP contribution in [0.3, 0.4) is 0 Å². The molecule has 2 atom stereocenters. The average molecular weight is 279 g/mol. The van der Waals surface area contributed by atoms with E-state index < -0.39 is 0 Å². The molecule has 2 amide bonds. The summed E-state index contributed by atoms with van der Waals surface area (Å²) >= 11 is 0. The van der Waals surface area contributed by atoms with Crippen LogP contribution in [-0.2, 0) is 9.59 Å². The SMILES string of the molecule is O=C1CCC(C(=O)N(CC2CCCCN2)C2CC2)CN1. The van der Waals surface area contributed by atoms with Gasteiger partial charge in [-0.15, -0.1) is 0 Å². The molecule has 3 rings (SSSR count). The lowest BCUT2D eigenvalue weighted by Gasteiger charge is -2.34. The molecule has 3 fully saturated rings. The first kappa shape index (κ1) is 13.9. The maximum absolute atomic E-state index is 12.7. The Hall–Kier alpha value is -1.10. The summed E-state index contributed by atoms with van der Waals surface area (Å²) in [6, 6.07) is 0.926. The second kappa shape index (κ2) is 6.12. The lowest BCUT2D eigenvalue weighted by atomic mass is 9.96. The summed E-state index contributed by atoms with van der Waals surface area (Å²) < 4.78 is 0. The van der Waals surface area contributed by atoms with Gasteiger partial charge in [0.1, 0.15) is 0 Å². The van der Waals surface area contributed by atoms with Crippen LogP contribution in [0.2, 0.25) is 0 Å². The van der Waals surface area contributed by atoms with Crippen molar-refractivity contribution in [1.29, 1.82) is 0 Å². The van der Waals surface area contributed by atoms with Crippen LogP contribution in [0.5, 0.6) is 0 Å². The van der Waals surface area contributed by atoms with E-state index in [1.54, 1.807) is 0 Å². The van der Waals surface area contributed by atoms with Crippen LogP contribution in [0.15, 0.2) is 0 Å². The van der Waals surface area contributed by atoms with Crippen molar-refractivity contribution >= 4 is 11.8 Å². The van der Waals surface area contributed by atoms with Gasteiger partial charge in [0.25, 0.3) is 0 Å². The molecule has 2 unspecified atom stereocenters. The minimum Gasteiger partial charge on any atom is -0.355 e. The lowest BCUT2D eigenvalue weighted by molar-refractivity contribution is -0.138. The third-order valence-corrected chi connectivity index (χ3v) is 4.71. The van der Waals surface area contributed by atoms with E-state index in [1.807, 2.05) is 0 Å². The highest BCUT2D eigenvalue weighted by Gasteiger charge is 2.38. The Morgan fingerprint density at radius 3 is 2.65 bits per heavy atom. The monoisotopic (exact) mass is 279 g/mol. The van der Waals surface area contributed by atoms with Gasteiger partial charge in [0.05, 0.1) is 5.92 Å². The van der Waals surface area contributed by atoms with E-state index in [0.29, 0.717) is 31.5 Å². The Balaban J connectivity index is 1.58. The van der Waals surface area contributed by atoms with Crippen LogP contribution in [-0.4, -0.2) is 48.4 Å². The maximum Gasteiger partial charge on any atom is 0.227 e. The molecular weight excluding hydrogens is 254 g/mol. The number of nitrogens with one attached hydrogen (secondary N) is 2. The van der Waals surface area contributed by atoms with Gasteiger partial charge < -0.3 is 15.5 Å². The summed E-state index contributed by atoms with van der Waals surface area (Å²) in [5.74, 6) is 0.345. The van der Waals surface area contributed by atoms with Crippen LogP contribution < -0.4 is 10.6 Å². The minimum atomic E-state index is -0.00288. The summed E-state index contributed by atoms with van der Waals surface area (Å²) in [6.45, 7) is 2.46. The Morgan fingerprint density at radius 1 is 1.20 bits per heavy atom. The first-order valence-corrected chi connectivity index (χ1v) is 8.04. The normalized spacial score (nSPS) is 30.7. The molecule has 2 aliphatic heterocycles. The van der Waals surface area contributed by atoms with Gasteiger partial charge in [-0.2, -0.15) is 0 Å². The predicted octanol–water partition coefficient (Wildman–Crippen LogP) is 0.646. The molecule has 0 radical (unpaired) electrons. The van der Waals surface area contributed by atoms with Gasteiger partial charge in [0.2, 0.25) is 11.8 Å². The topological polar surface area (TPSA) is 61.4 Å². The van der Waals surface area contributed by atoms with Gasteiger partial charge in [0, 0.05) is 31.6 Å². The van der Waals surface area contributed by atoms with Crippen LogP contribution in [0.4, 0.5) is 0 Å². The average Bonchev–Trinajstić information content (AvgIpc) is 3.30. The standard InChI is InChI=1S/C15H25N3O2/c19-14-7-4-11(9-17-14)15(20)18(13-5-6-13)10-12-3-1-2-8-16-12/h11-13,16H,1-10H2,(H,17,19). The number of piperidine rings is 2. The molecule has 2 heterocycles. The van der Waals surface area contributed by atoms with Gasteiger partial charge in [0.15, 0.2) is 0 Å². The molecule has 0 aromatic heterocycles. The molecule has 112 valence electrons. The van der Waals surface area contributed by atoms with Crippen LogP contribution in [0, 0.1) is 5.92 Å². The van der Waals surface area contributed by atoms with Crippen molar-refractivity contribution in [3.8, 4) is 0 Å². The number of rotatable bonds is 4. The third-order valence-electron chi connectivity index (χ3n) is 4.71. The zero-order chi connectivity index (χ0) is 13.9. The molecule has 1 saturated carbocycles. The van der Waals surface area contributed by atoms with Crippen molar-refractivity contribution in [1.82, 2.24) is 15.5 Å². The molecule has 3 aliphatic rings. The van der Waals surface area contributed by atoms with Crippen LogP contribution >= 0.6 is 0 Å². The highest BCUT2D eigenvalue weighted by atomic mass is 16.2. The fraction of sp³-hybridized carbons (Fsp3) is 0.867. The largest absolute Gasteiger partial charge is 0.355 e. The number of hydrogen-bond acceptors (Lipinski definition) is 3. The molecule has 1 aliphatic carbocycles. The van der Waals surface area contributed by atoms with Crippen molar-refractivity contribution in [3.05, 3.63) is 0 Å². The van der Waals surface area contributed by atoms with Gasteiger partial charge >= 0.3 is 0 Å². The van der Waals surface area contributed by atoms with E-state index in [2.05, 4.69) is 15.5 Å². The smallest absolute Gasteiger partial charge is 0.227 e. The van der Waals surface area contributed by atoms with E-state index in [4.69, 9.17) is 0 Å². The summed E-state index contributed by atoms with van der Waals surface area (Å²) in [6.07, 6.45) is 7.21. The summed E-state index contributed by atoms with van der Waals surface area (Å²) in [5, 5.41) is 6.36. The summed E-state index contributed by atoms with van der Waals surface area (Å²) in [7, 11) is 0. The predicted molar refractivity (Wildman–Crippen MR) is 76.1 cm³/mol. The zero-order valence-electron chi connectivity index (χ0n) is 12.1. The van der Waals surface area contributed by atoms with E-state index in [1.165, 1.54) is 19.3 Å². The van der Waals surface area contributed by atoms with Crippen molar-refractivity contribution in [3.63, 3.8) is 0 Å². The fourth-order valence-electron chi connectivity index (χ4n) is 3.30. The summed E-state index contributed by atoms with van der Waals surface area (Å²) in [5.41, 5.74) is 0. The van der Waals surface area contributed by atoms with Gasteiger partial charge in [-0.25, -0.2) is 0 Å².